The topological polar surface area (TPSA) is 19.0 Å². The summed E-state index contributed by atoms with van der Waals surface area (Å²) in [4.78, 5) is 5.28. The Kier molecular flexibility index (Phi) is 3.91. The van der Waals surface area contributed by atoms with Crippen molar-refractivity contribution in [1.29, 1.82) is 0 Å². The Balaban J connectivity index is 2.35. The summed E-state index contributed by atoms with van der Waals surface area (Å²) in [5.74, 6) is 0. The van der Waals surface area contributed by atoms with Crippen LogP contribution in [0.3, 0.4) is 0 Å². The van der Waals surface area contributed by atoms with Crippen LogP contribution in [0.4, 0.5) is 5.69 Å². The van der Waals surface area contributed by atoms with Gasteiger partial charge in [-0.2, -0.15) is 0 Å². The molecule has 0 aliphatic carbocycles. The van der Waals surface area contributed by atoms with Crippen molar-refractivity contribution < 1.29 is 0 Å². The lowest BCUT2D eigenvalue weighted by Crippen LogP contribution is -2.08. The maximum absolute atomic E-state index is 3.92. The highest BCUT2D eigenvalue weighted by molar-refractivity contribution is 5.87. The van der Waals surface area contributed by atoms with Crippen LogP contribution in [-0.4, -0.2) is 19.1 Å². The summed E-state index contributed by atoms with van der Waals surface area (Å²) in [7, 11) is 4.09. The SMILES string of the molecule is C=C/C(=C\c1cc[nH]c1C)c1ccc(N(C)C)cc1. The number of hydrogen-bond acceptors (Lipinski definition) is 1. The maximum Gasteiger partial charge on any atom is 0.0361 e. The first-order chi connectivity index (χ1) is 9.11. The Labute approximate surface area is 115 Å². The monoisotopic (exact) mass is 252 g/mol. The number of rotatable bonds is 4. The Morgan fingerprint density at radius 1 is 1.16 bits per heavy atom. The minimum Gasteiger partial charge on any atom is -0.378 e. The second-order valence-electron chi connectivity index (χ2n) is 4.80. The Morgan fingerprint density at radius 3 is 2.32 bits per heavy atom. The van der Waals surface area contributed by atoms with Crippen LogP contribution >= 0.6 is 0 Å². The molecule has 0 unspecified atom stereocenters. The maximum atomic E-state index is 3.92. The van der Waals surface area contributed by atoms with E-state index in [0.717, 1.165) is 5.57 Å². The van der Waals surface area contributed by atoms with Crippen LogP contribution < -0.4 is 4.90 Å². The van der Waals surface area contributed by atoms with Crippen molar-refractivity contribution in [3.63, 3.8) is 0 Å². The molecule has 2 aromatic rings. The third-order valence-corrected chi connectivity index (χ3v) is 3.24. The summed E-state index contributed by atoms with van der Waals surface area (Å²) in [5.41, 5.74) is 5.88. The van der Waals surface area contributed by atoms with Gasteiger partial charge in [-0.3, -0.25) is 0 Å². The standard InChI is InChI=1S/C17H20N2/c1-5-14(12-16-10-11-18-13(16)2)15-6-8-17(9-7-15)19(3)4/h5-12,18H,1H2,2-4H3/b14-12+. The number of allylic oxidation sites excluding steroid dienone is 2. The molecule has 2 rings (SSSR count). The predicted octanol–water partition coefficient (Wildman–Crippen LogP) is 4.12. The second-order valence-corrected chi connectivity index (χ2v) is 4.80. The van der Waals surface area contributed by atoms with Crippen molar-refractivity contribution in [2.45, 2.75) is 6.92 Å². The summed E-state index contributed by atoms with van der Waals surface area (Å²) in [6, 6.07) is 10.6. The fourth-order valence-corrected chi connectivity index (χ4v) is 2.00. The van der Waals surface area contributed by atoms with E-state index < -0.39 is 0 Å². The van der Waals surface area contributed by atoms with Crippen molar-refractivity contribution in [3.05, 3.63) is 66.0 Å². The van der Waals surface area contributed by atoms with Crippen molar-refractivity contribution in [1.82, 2.24) is 4.98 Å². The first kappa shape index (κ1) is 13.2. The fraction of sp³-hybridized carbons (Fsp3) is 0.176. The van der Waals surface area contributed by atoms with E-state index in [1.807, 2.05) is 26.4 Å². The number of nitrogens with zero attached hydrogens (tertiary/aromatic N) is 1. The zero-order chi connectivity index (χ0) is 13.8. The first-order valence-corrected chi connectivity index (χ1v) is 6.37. The third kappa shape index (κ3) is 2.97. The summed E-state index contributed by atoms with van der Waals surface area (Å²) in [6.07, 6.45) is 6.01. The van der Waals surface area contributed by atoms with Gasteiger partial charge < -0.3 is 9.88 Å². The molecule has 0 fully saturated rings. The molecular formula is C17H20N2. The van der Waals surface area contributed by atoms with Gasteiger partial charge in [-0.25, -0.2) is 0 Å². The van der Waals surface area contributed by atoms with E-state index in [2.05, 4.69) is 59.8 Å². The van der Waals surface area contributed by atoms with E-state index >= 15 is 0 Å². The van der Waals surface area contributed by atoms with Gasteiger partial charge >= 0.3 is 0 Å². The molecular weight excluding hydrogens is 232 g/mol. The normalized spacial score (nSPS) is 11.4. The van der Waals surface area contributed by atoms with E-state index in [-0.39, 0.29) is 0 Å². The average Bonchev–Trinajstić information content (AvgIpc) is 2.81. The Morgan fingerprint density at radius 2 is 1.84 bits per heavy atom. The van der Waals surface area contributed by atoms with Crippen LogP contribution in [0.15, 0.2) is 49.2 Å². The molecule has 0 atom stereocenters. The second kappa shape index (κ2) is 5.61. The number of anilines is 1. The number of aromatic amines is 1. The highest BCUT2D eigenvalue weighted by atomic mass is 15.1. The number of H-pyrrole nitrogens is 1. The van der Waals surface area contributed by atoms with Crippen LogP contribution in [0.2, 0.25) is 0 Å². The summed E-state index contributed by atoms with van der Waals surface area (Å²) in [5, 5.41) is 0. The largest absolute Gasteiger partial charge is 0.378 e. The van der Waals surface area contributed by atoms with Crippen LogP contribution in [-0.2, 0) is 0 Å². The quantitative estimate of drug-likeness (QED) is 0.811. The van der Waals surface area contributed by atoms with Gasteiger partial charge in [0.05, 0.1) is 0 Å². The van der Waals surface area contributed by atoms with Crippen molar-refractivity contribution in [2.24, 2.45) is 0 Å². The molecule has 2 heteroatoms. The minimum absolute atomic E-state index is 1.13. The molecule has 0 spiro atoms. The highest BCUT2D eigenvalue weighted by Gasteiger charge is 2.02. The van der Waals surface area contributed by atoms with E-state index in [1.165, 1.54) is 22.5 Å². The molecule has 2 nitrogen and oxygen atoms in total. The smallest absolute Gasteiger partial charge is 0.0361 e. The molecule has 0 amide bonds. The van der Waals surface area contributed by atoms with Gasteiger partial charge in [0.15, 0.2) is 0 Å². The number of benzene rings is 1. The molecule has 98 valence electrons. The summed E-state index contributed by atoms with van der Waals surface area (Å²) in [6.45, 7) is 5.99. The van der Waals surface area contributed by atoms with Crippen molar-refractivity contribution in [2.75, 3.05) is 19.0 Å². The highest BCUT2D eigenvalue weighted by Crippen LogP contribution is 2.23. The molecule has 0 aliphatic rings. The molecule has 1 aromatic heterocycles. The number of nitrogens with one attached hydrogen (secondary N) is 1. The van der Waals surface area contributed by atoms with Crippen LogP contribution in [0.25, 0.3) is 11.6 Å². The van der Waals surface area contributed by atoms with Gasteiger partial charge in [-0.1, -0.05) is 24.8 Å². The van der Waals surface area contributed by atoms with Crippen LogP contribution in [0.5, 0.6) is 0 Å². The third-order valence-electron chi connectivity index (χ3n) is 3.24. The fourth-order valence-electron chi connectivity index (χ4n) is 2.00. The zero-order valence-corrected chi connectivity index (χ0v) is 11.8. The molecule has 1 N–H and O–H groups in total. The van der Waals surface area contributed by atoms with Gasteiger partial charge in [0.2, 0.25) is 0 Å². The molecule has 0 bridgehead atoms. The number of aryl methyl sites for hydroxylation is 1. The van der Waals surface area contributed by atoms with Gasteiger partial charge in [-0.15, -0.1) is 0 Å². The molecule has 1 aromatic carbocycles. The van der Waals surface area contributed by atoms with Gasteiger partial charge in [0.25, 0.3) is 0 Å². The van der Waals surface area contributed by atoms with Crippen molar-refractivity contribution in [3.8, 4) is 0 Å². The molecule has 1 heterocycles. The lowest BCUT2D eigenvalue weighted by atomic mass is 10.0. The van der Waals surface area contributed by atoms with Crippen LogP contribution in [0.1, 0.15) is 16.8 Å². The minimum atomic E-state index is 1.13. The first-order valence-electron chi connectivity index (χ1n) is 6.37. The van der Waals surface area contributed by atoms with Gasteiger partial charge in [0.1, 0.15) is 0 Å². The lowest BCUT2D eigenvalue weighted by molar-refractivity contribution is 1.13. The van der Waals surface area contributed by atoms with E-state index in [0.29, 0.717) is 0 Å². The molecule has 0 radical (unpaired) electrons. The summed E-state index contributed by atoms with van der Waals surface area (Å²) >= 11 is 0. The Bertz CT molecular complexity index is 586. The number of hydrogen-bond donors (Lipinski definition) is 1. The number of aromatic nitrogens is 1. The van der Waals surface area contributed by atoms with E-state index in [4.69, 9.17) is 0 Å². The van der Waals surface area contributed by atoms with E-state index in [9.17, 15) is 0 Å². The van der Waals surface area contributed by atoms with Gasteiger partial charge in [-0.05, 0) is 47.9 Å². The van der Waals surface area contributed by atoms with Gasteiger partial charge in [0, 0.05) is 31.7 Å². The average molecular weight is 252 g/mol. The summed E-state index contributed by atoms with van der Waals surface area (Å²) < 4.78 is 0. The van der Waals surface area contributed by atoms with Crippen molar-refractivity contribution >= 4 is 17.3 Å². The zero-order valence-electron chi connectivity index (χ0n) is 11.8. The predicted molar refractivity (Wildman–Crippen MR) is 84.4 cm³/mol. The lowest BCUT2D eigenvalue weighted by Gasteiger charge is -2.13. The molecule has 0 saturated carbocycles. The molecule has 0 saturated heterocycles. The van der Waals surface area contributed by atoms with Crippen LogP contribution in [0, 0.1) is 6.92 Å². The van der Waals surface area contributed by atoms with E-state index in [1.54, 1.807) is 0 Å². The Hall–Kier alpha value is -2.22. The molecule has 0 aliphatic heterocycles. The molecule has 19 heavy (non-hydrogen) atoms.